The molecule has 0 aliphatic carbocycles. The van der Waals surface area contributed by atoms with Crippen molar-refractivity contribution in [1.29, 1.82) is 0 Å². The number of aromatic hydroxyl groups is 2. The molecule has 8 heteroatoms. The molecule has 2 atom stereocenters. The quantitative estimate of drug-likeness (QED) is 0.554. The molecule has 2 aromatic carbocycles. The molecule has 2 rings (SSSR count). The van der Waals surface area contributed by atoms with Crippen LogP contribution in [-0.2, 0) is 0 Å². The first-order valence-electron chi connectivity index (χ1n) is 8.86. The molecule has 0 amide bonds. The van der Waals surface area contributed by atoms with Crippen LogP contribution in [0.3, 0.4) is 0 Å². The highest BCUT2D eigenvalue weighted by Gasteiger charge is 2.22. The van der Waals surface area contributed by atoms with Crippen molar-refractivity contribution >= 4 is 0 Å². The second-order valence-electron chi connectivity index (χ2n) is 6.44. The SMILES string of the molecule is COc1ccc(C(CCC(CN=O)c2ccc(OC)cc2O)CN=O)c(O)c1. The predicted molar refractivity (Wildman–Crippen MR) is 105 cm³/mol. The monoisotopic (exact) mass is 388 g/mol. The third-order valence-corrected chi connectivity index (χ3v) is 4.81. The Morgan fingerprint density at radius 1 is 0.786 bits per heavy atom. The summed E-state index contributed by atoms with van der Waals surface area (Å²) in [6, 6.07) is 9.75. The van der Waals surface area contributed by atoms with Crippen LogP contribution in [0.2, 0.25) is 0 Å². The van der Waals surface area contributed by atoms with Crippen LogP contribution in [0.1, 0.15) is 35.8 Å². The Morgan fingerprint density at radius 3 is 1.46 bits per heavy atom. The molecule has 0 bridgehead atoms. The summed E-state index contributed by atoms with van der Waals surface area (Å²) in [4.78, 5) is 21.8. The van der Waals surface area contributed by atoms with Crippen molar-refractivity contribution in [3.05, 3.63) is 57.3 Å². The molecule has 28 heavy (non-hydrogen) atoms. The minimum absolute atomic E-state index is 0.0181. The zero-order chi connectivity index (χ0) is 20.5. The fraction of sp³-hybridized carbons (Fsp3) is 0.400. The van der Waals surface area contributed by atoms with Crippen molar-refractivity contribution in [2.45, 2.75) is 24.7 Å². The van der Waals surface area contributed by atoms with Gasteiger partial charge in [0.1, 0.15) is 23.0 Å². The van der Waals surface area contributed by atoms with E-state index in [1.165, 1.54) is 26.4 Å². The molecule has 0 aromatic heterocycles. The number of hydrogen-bond acceptors (Lipinski definition) is 8. The van der Waals surface area contributed by atoms with Crippen molar-refractivity contribution in [3.8, 4) is 23.0 Å². The van der Waals surface area contributed by atoms with Crippen LogP contribution in [0, 0.1) is 9.81 Å². The third-order valence-electron chi connectivity index (χ3n) is 4.81. The van der Waals surface area contributed by atoms with Crippen molar-refractivity contribution in [3.63, 3.8) is 0 Å². The summed E-state index contributed by atoms with van der Waals surface area (Å²) in [5.41, 5.74) is 1.16. The number of rotatable bonds is 11. The Labute approximate surface area is 163 Å². The topological polar surface area (TPSA) is 118 Å². The summed E-state index contributed by atoms with van der Waals surface area (Å²) in [7, 11) is 2.99. The number of ether oxygens (including phenoxy) is 2. The molecule has 150 valence electrons. The van der Waals surface area contributed by atoms with E-state index in [0.717, 1.165) is 0 Å². The minimum Gasteiger partial charge on any atom is -0.508 e. The molecule has 0 saturated heterocycles. The number of nitroso groups, excluding NO2 is 2. The molecule has 0 heterocycles. The first kappa shape index (κ1) is 21.1. The molecule has 0 aliphatic heterocycles. The van der Waals surface area contributed by atoms with Gasteiger partial charge in [-0.3, -0.25) is 0 Å². The van der Waals surface area contributed by atoms with Gasteiger partial charge in [0.05, 0.1) is 27.3 Å². The zero-order valence-electron chi connectivity index (χ0n) is 15.9. The fourth-order valence-electron chi connectivity index (χ4n) is 3.26. The van der Waals surface area contributed by atoms with Crippen LogP contribution in [-0.4, -0.2) is 37.5 Å². The van der Waals surface area contributed by atoms with Gasteiger partial charge >= 0.3 is 0 Å². The first-order valence-corrected chi connectivity index (χ1v) is 8.86. The Hall–Kier alpha value is -3.16. The number of phenols is 2. The smallest absolute Gasteiger partial charge is 0.122 e. The average Bonchev–Trinajstić information content (AvgIpc) is 2.70. The van der Waals surface area contributed by atoms with Gasteiger partial charge in [0, 0.05) is 24.0 Å². The Morgan fingerprint density at radius 2 is 1.18 bits per heavy atom. The highest BCUT2D eigenvalue weighted by molar-refractivity contribution is 5.43. The van der Waals surface area contributed by atoms with Crippen LogP contribution in [0.25, 0.3) is 0 Å². The molecule has 2 unspecified atom stereocenters. The van der Waals surface area contributed by atoms with Crippen molar-refractivity contribution in [2.24, 2.45) is 10.4 Å². The summed E-state index contributed by atoms with van der Waals surface area (Å²) in [6.07, 6.45) is 0.939. The molecular weight excluding hydrogens is 364 g/mol. The van der Waals surface area contributed by atoms with Gasteiger partial charge in [0.15, 0.2) is 0 Å². The maximum atomic E-state index is 10.9. The summed E-state index contributed by atoms with van der Waals surface area (Å²) in [5.74, 6) is 0.377. The Bertz CT molecular complexity index is 744. The highest BCUT2D eigenvalue weighted by Crippen LogP contribution is 2.37. The van der Waals surface area contributed by atoms with Crippen LogP contribution < -0.4 is 9.47 Å². The van der Waals surface area contributed by atoms with E-state index in [1.807, 2.05) is 0 Å². The van der Waals surface area contributed by atoms with Gasteiger partial charge in [-0.2, -0.15) is 9.81 Å². The van der Waals surface area contributed by atoms with E-state index in [9.17, 15) is 20.0 Å². The summed E-state index contributed by atoms with van der Waals surface area (Å²) in [5, 5.41) is 26.5. The molecular formula is C20H24N2O6. The van der Waals surface area contributed by atoms with Crippen LogP contribution >= 0.6 is 0 Å². The molecule has 0 spiro atoms. The second kappa shape index (κ2) is 10.2. The van der Waals surface area contributed by atoms with Crippen molar-refractivity contribution < 1.29 is 19.7 Å². The third kappa shape index (κ3) is 5.18. The fourth-order valence-corrected chi connectivity index (χ4v) is 3.26. The van der Waals surface area contributed by atoms with Gasteiger partial charge in [-0.1, -0.05) is 22.5 Å². The Kier molecular flexibility index (Phi) is 7.74. The number of nitrogens with zero attached hydrogens (tertiary/aromatic N) is 2. The maximum Gasteiger partial charge on any atom is 0.122 e. The van der Waals surface area contributed by atoms with Crippen LogP contribution in [0.5, 0.6) is 23.0 Å². The number of benzene rings is 2. The second-order valence-corrected chi connectivity index (χ2v) is 6.44. The van der Waals surface area contributed by atoms with Crippen LogP contribution in [0.15, 0.2) is 46.8 Å². The van der Waals surface area contributed by atoms with Crippen molar-refractivity contribution in [2.75, 3.05) is 27.3 Å². The van der Waals surface area contributed by atoms with Crippen molar-refractivity contribution in [1.82, 2.24) is 0 Å². The normalized spacial score (nSPS) is 12.8. The van der Waals surface area contributed by atoms with E-state index in [0.29, 0.717) is 35.5 Å². The summed E-state index contributed by atoms with van der Waals surface area (Å²) < 4.78 is 10.2. The lowest BCUT2D eigenvalue weighted by Crippen LogP contribution is -2.09. The molecule has 0 fully saturated rings. The molecule has 0 radical (unpaired) electrons. The molecule has 8 nitrogen and oxygen atoms in total. The van der Waals surface area contributed by atoms with Gasteiger partial charge in [-0.25, -0.2) is 0 Å². The zero-order valence-corrected chi connectivity index (χ0v) is 15.9. The number of hydrogen-bond donors (Lipinski definition) is 2. The first-order chi connectivity index (χ1) is 13.5. The van der Waals surface area contributed by atoms with Gasteiger partial charge in [-0.05, 0) is 36.1 Å². The lowest BCUT2D eigenvalue weighted by molar-refractivity contribution is 0.401. The predicted octanol–water partition coefficient (Wildman–Crippen LogP) is 4.30. The maximum absolute atomic E-state index is 10.9. The largest absolute Gasteiger partial charge is 0.508 e. The van der Waals surface area contributed by atoms with E-state index in [2.05, 4.69) is 10.4 Å². The summed E-state index contributed by atoms with van der Waals surface area (Å²) in [6.45, 7) is -0.0363. The van der Waals surface area contributed by atoms with E-state index >= 15 is 0 Å². The van der Waals surface area contributed by atoms with E-state index in [4.69, 9.17) is 9.47 Å². The minimum atomic E-state index is -0.335. The van der Waals surface area contributed by atoms with E-state index < -0.39 is 0 Å². The number of methoxy groups -OCH3 is 2. The highest BCUT2D eigenvalue weighted by atomic mass is 16.5. The standard InChI is InChI=1S/C20H24N2O6/c1-27-15-5-7-17(19(23)9-15)13(11-21-25)3-4-14(12-22-26)18-8-6-16(28-2)10-20(18)24/h5-10,13-14,23-24H,3-4,11-12H2,1-2H3. The lowest BCUT2D eigenvalue weighted by Gasteiger charge is -2.20. The number of phenolic OH excluding ortho intramolecular Hbond substituents is 2. The summed E-state index contributed by atoms with van der Waals surface area (Å²) >= 11 is 0. The van der Waals surface area contributed by atoms with Crippen LogP contribution in [0.4, 0.5) is 0 Å². The Balaban J connectivity index is 2.21. The average molecular weight is 388 g/mol. The van der Waals surface area contributed by atoms with Gasteiger partial charge in [0.25, 0.3) is 0 Å². The molecule has 0 aliphatic rings. The van der Waals surface area contributed by atoms with E-state index in [1.54, 1.807) is 24.3 Å². The van der Waals surface area contributed by atoms with E-state index in [-0.39, 0.29) is 36.4 Å². The van der Waals surface area contributed by atoms with Gasteiger partial charge < -0.3 is 19.7 Å². The molecule has 0 saturated carbocycles. The molecule has 2 aromatic rings. The molecule has 2 N–H and O–H groups in total. The van der Waals surface area contributed by atoms with Gasteiger partial charge in [-0.15, -0.1) is 0 Å². The lowest BCUT2D eigenvalue weighted by atomic mass is 9.86. The van der Waals surface area contributed by atoms with Gasteiger partial charge in [0.2, 0.25) is 0 Å².